The normalized spacial score (nSPS) is 14.0. The largest absolute Gasteiger partial charge is 0.334 e. The third-order valence-corrected chi connectivity index (χ3v) is 4.38. The maximum atomic E-state index is 12.7. The Morgan fingerprint density at radius 1 is 0.897 bits per heavy atom. The molecule has 148 valence electrons. The van der Waals surface area contributed by atoms with Gasteiger partial charge in [-0.05, 0) is 26.0 Å². The van der Waals surface area contributed by atoms with Gasteiger partial charge >= 0.3 is 17.8 Å². The Balaban J connectivity index is 1.77. The number of para-hydroxylation sites is 1. The maximum absolute atomic E-state index is 12.7. The van der Waals surface area contributed by atoms with Gasteiger partial charge in [-0.1, -0.05) is 42.5 Å². The van der Waals surface area contributed by atoms with Crippen LogP contribution >= 0.6 is 0 Å². The second kappa shape index (κ2) is 8.05. The van der Waals surface area contributed by atoms with Crippen molar-refractivity contribution in [2.24, 2.45) is 0 Å². The lowest BCUT2D eigenvalue weighted by Gasteiger charge is -2.18. The number of nitrogens with one attached hydrogen (secondary N) is 1. The lowest BCUT2D eigenvalue weighted by atomic mass is 10.0. The Kier molecular flexibility index (Phi) is 5.54. The molecular weight excluding hydrogens is 374 g/mol. The summed E-state index contributed by atoms with van der Waals surface area (Å²) in [5, 5.41) is 2.55. The van der Waals surface area contributed by atoms with Crippen LogP contribution in [0.3, 0.4) is 0 Å². The third kappa shape index (κ3) is 3.91. The fraction of sp³-hybridized carbons (Fsp3) is 0.190. The van der Waals surface area contributed by atoms with Gasteiger partial charge in [-0.2, -0.15) is 0 Å². The van der Waals surface area contributed by atoms with Crippen molar-refractivity contribution in [3.05, 3.63) is 65.7 Å². The van der Waals surface area contributed by atoms with E-state index < -0.39 is 36.3 Å². The lowest BCUT2D eigenvalue weighted by molar-refractivity contribution is -0.144. The van der Waals surface area contributed by atoms with E-state index in [1.165, 1.54) is 0 Å². The van der Waals surface area contributed by atoms with Crippen LogP contribution in [0.25, 0.3) is 0 Å². The SMILES string of the molecule is CC(C)N1C(=O)C(=O)N(CC(=O)Nc2ccccc2C(=O)c2ccccc2)C1=O. The molecule has 29 heavy (non-hydrogen) atoms. The second-order valence-corrected chi connectivity index (χ2v) is 6.73. The minimum Gasteiger partial charge on any atom is -0.324 e. The van der Waals surface area contributed by atoms with E-state index in [9.17, 15) is 24.0 Å². The smallest absolute Gasteiger partial charge is 0.324 e. The van der Waals surface area contributed by atoms with Crippen LogP contribution in [0, 0.1) is 0 Å². The first-order valence-corrected chi connectivity index (χ1v) is 8.99. The number of carbonyl (C=O) groups is 5. The fourth-order valence-electron chi connectivity index (χ4n) is 2.99. The van der Waals surface area contributed by atoms with E-state index in [1.807, 2.05) is 0 Å². The van der Waals surface area contributed by atoms with Crippen molar-refractivity contribution in [3.8, 4) is 0 Å². The highest BCUT2D eigenvalue weighted by Crippen LogP contribution is 2.20. The molecule has 0 spiro atoms. The predicted molar refractivity (Wildman–Crippen MR) is 104 cm³/mol. The van der Waals surface area contributed by atoms with Gasteiger partial charge in [0.2, 0.25) is 5.91 Å². The van der Waals surface area contributed by atoms with Gasteiger partial charge in [-0.25, -0.2) is 9.69 Å². The number of carbonyl (C=O) groups excluding carboxylic acids is 5. The molecule has 1 saturated heterocycles. The molecule has 0 saturated carbocycles. The minimum atomic E-state index is -1.05. The molecule has 0 unspecified atom stereocenters. The monoisotopic (exact) mass is 393 g/mol. The van der Waals surface area contributed by atoms with Crippen LogP contribution < -0.4 is 5.32 Å². The highest BCUT2D eigenvalue weighted by atomic mass is 16.2. The average molecular weight is 393 g/mol. The first kappa shape index (κ1) is 19.9. The molecule has 5 amide bonds. The van der Waals surface area contributed by atoms with E-state index in [-0.39, 0.29) is 17.0 Å². The Labute approximate surface area is 167 Å². The predicted octanol–water partition coefficient (Wildman–Crippen LogP) is 2.06. The molecule has 1 N–H and O–H groups in total. The zero-order valence-electron chi connectivity index (χ0n) is 15.9. The number of benzene rings is 2. The molecule has 8 nitrogen and oxygen atoms in total. The number of hydrogen-bond acceptors (Lipinski definition) is 5. The Morgan fingerprint density at radius 2 is 1.52 bits per heavy atom. The van der Waals surface area contributed by atoms with Crippen molar-refractivity contribution in [1.29, 1.82) is 0 Å². The molecule has 1 aliphatic heterocycles. The van der Waals surface area contributed by atoms with Crippen LogP contribution in [0.2, 0.25) is 0 Å². The minimum absolute atomic E-state index is 0.248. The van der Waals surface area contributed by atoms with Crippen LogP contribution in [-0.2, 0) is 14.4 Å². The van der Waals surface area contributed by atoms with Gasteiger partial charge in [0.1, 0.15) is 6.54 Å². The standard InChI is InChI=1S/C21H19N3O5/c1-13(2)24-20(28)19(27)23(21(24)29)12-17(25)22-16-11-7-6-10-15(16)18(26)14-8-4-3-5-9-14/h3-11,13H,12H2,1-2H3,(H,22,25). The van der Waals surface area contributed by atoms with Crippen LogP contribution in [0.4, 0.5) is 10.5 Å². The van der Waals surface area contributed by atoms with Crippen molar-refractivity contribution in [3.63, 3.8) is 0 Å². The molecule has 2 aromatic carbocycles. The van der Waals surface area contributed by atoms with E-state index >= 15 is 0 Å². The second-order valence-electron chi connectivity index (χ2n) is 6.73. The summed E-state index contributed by atoms with van der Waals surface area (Å²) >= 11 is 0. The number of anilines is 1. The van der Waals surface area contributed by atoms with Crippen LogP contribution in [0.1, 0.15) is 29.8 Å². The van der Waals surface area contributed by atoms with Gasteiger partial charge in [-0.15, -0.1) is 0 Å². The number of urea groups is 1. The molecule has 8 heteroatoms. The highest BCUT2D eigenvalue weighted by Gasteiger charge is 2.46. The van der Waals surface area contributed by atoms with Crippen LogP contribution in [-0.4, -0.2) is 51.9 Å². The summed E-state index contributed by atoms with van der Waals surface area (Å²) in [6, 6.07) is 13.7. The summed E-state index contributed by atoms with van der Waals surface area (Å²) < 4.78 is 0. The average Bonchev–Trinajstić information content (AvgIpc) is 2.91. The topological polar surface area (TPSA) is 104 Å². The van der Waals surface area contributed by atoms with Gasteiger partial charge in [0, 0.05) is 17.2 Å². The third-order valence-electron chi connectivity index (χ3n) is 4.38. The number of hydrogen-bond donors (Lipinski definition) is 1. The van der Waals surface area contributed by atoms with Gasteiger partial charge in [-0.3, -0.25) is 24.1 Å². The first-order valence-electron chi connectivity index (χ1n) is 8.99. The maximum Gasteiger partial charge on any atom is 0.334 e. The van der Waals surface area contributed by atoms with Crippen LogP contribution in [0.15, 0.2) is 54.6 Å². The lowest BCUT2D eigenvalue weighted by Crippen LogP contribution is -2.40. The molecule has 0 aromatic heterocycles. The van der Waals surface area contributed by atoms with Gasteiger partial charge in [0.05, 0.1) is 5.69 Å². The van der Waals surface area contributed by atoms with Crippen molar-refractivity contribution < 1.29 is 24.0 Å². The van der Waals surface area contributed by atoms with Gasteiger partial charge in [0.25, 0.3) is 0 Å². The summed E-state index contributed by atoms with van der Waals surface area (Å²) in [5.41, 5.74) is 0.973. The fourth-order valence-corrected chi connectivity index (χ4v) is 2.99. The Hall–Kier alpha value is -3.81. The summed E-state index contributed by atoms with van der Waals surface area (Å²) in [6.07, 6.45) is 0. The molecular formula is C21H19N3O5. The van der Waals surface area contributed by atoms with E-state index in [0.717, 1.165) is 4.90 Å². The molecule has 1 fully saturated rings. The first-order chi connectivity index (χ1) is 13.8. The number of amides is 5. The zero-order chi connectivity index (χ0) is 21.1. The van der Waals surface area contributed by atoms with Gasteiger partial charge in [0.15, 0.2) is 5.78 Å². The van der Waals surface area contributed by atoms with Crippen molar-refractivity contribution >= 4 is 35.2 Å². The molecule has 1 aliphatic rings. The number of rotatable bonds is 6. The van der Waals surface area contributed by atoms with Gasteiger partial charge < -0.3 is 5.32 Å². The quantitative estimate of drug-likeness (QED) is 0.460. The number of nitrogens with zero attached hydrogens (tertiary/aromatic N) is 2. The Bertz CT molecular complexity index is 1000. The summed E-state index contributed by atoms with van der Waals surface area (Å²) in [7, 11) is 0. The molecule has 0 aliphatic carbocycles. The van der Waals surface area contributed by atoms with Crippen LogP contribution in [0.5, 0.6) is 0 Å². The molecule has 3 rings (SSSR count). The molecule has 1 heterocycles. The summed E-state index contributed by atoms with van der Waals surface area (Å²) in [5.74, 6) is -2.99. The zero-order valence-corrected chi connectivity index (χ0v) is 15.9. The molecule has 0 radical (unpaired) electrons. The number of imide groups is 2. The Morgan fingerprint density at radius 3 is 2.14 bits per heavy atom. The number of ketones is 1. The molecule has 2 aromatic rings. The molecule has 0 atom stereocenters. The highest BCUT2D eigenvalue weighted by molar-refractivity contribution is 6.45. The van der Waals surface area contributed by atoms with Crippen molar-refractivity contribution in [1.82, 2.24) is 9.80 Å². The van der Waals surface area contributed by atoms with E-state index in [4.69, 9.17) is 0 Å². The van der Waals surface area contributed by atoms with E-state index in [2.05, 4.69) is 5.32 Å². The van der Waals surface area contributed by atoms with E-state index in [0.29, 0.717) is 10.5 Å². The summed E-state index contributed by atoms with van der Waals surface area (Å²) in [6.45, 7) is 2.57. The molecule has 0 bridgehead atoms. The van der Waals surface area contributed by atoms with E-state index in [1.54, 1.807) is 68.4 Å². The van der Waals surface area contributed by atoms with Crippen molar-refractivity contribution in [2.45, 2.75) is 19.9 Å². The van der Waals surface area contributed by atoms with Crippen molar-refractivity contribution in [2.75, 3.05) is 11.9 Å². The summed E-state index contributed by atoms with van der Waals surface area (Å²) in [4.78, 5) is 62.9.